The molecule has 0 aliphatic rings. The molecule has 6 aromatic heterocycles. The zero-order valence-corrected chi connectivity index (χ0v) is 53.1. The van der Waals surface area contributed by atoms with Gasteiger partial charge < -0.3 is 48.5 Å². The molecule has 0 aliphatic heterocycles. The number of thiazole rings is 3. The molecule has 0 saturated heterocycles. The number of nitrogens with one attached hydrogen (secondary N) is 3. The third-order valence-corrected chi connectivity index (χ3v) is 17.9. The number of halogens is 4. The van der Waals surface area contributed by atoms with Gasteiger partial charge in [0.2, 0.25) is 0 Å². The predicted octanol–water partition coefficient (Wildman–Crippen LogP) is 13.1. The van der Waals surface area contributed by atoms with Crippen LogP contribution >= 0.6 is 85.2 Å². The number of benzene rings is 3. The smallest absolute Gasteiger partial charge is 0.192 e. The van der Waals surface area contributed by atoms with E-state index < -0.39 is 0 Å². The van der Waals surface area contributed by atoms with E-state index in [1.807, 2.05) is 13.0 Å². The summed E-state index contributed by atoms with van der Waals surface area (Å²) in [4.78, 5) is 40.0. The molecule has 444 valence electrons. The summed E-state index contributed by atoms with van der Waals surface area (Å²) >= 11 is 11.2. The fraction of sp³-hybridized carbons (Fsp3) is 0.400. The molecule has 83 heavy (non-hydrogen) atoms. The van der Waals surface area contributed by atoms with Gasteiger partial charge in [0.15, 0.2) is 65.3 Å². The van der Waals surface area contributed by atoms with E-state index in [-0.39, 0.29) is 60.6 Å². The molecule has 3 aromatic carbocycles. The van der Waals surface area contributed by atoms with Crippen LogP contribution in [0.2, 0.25) is 0 Å². The third-order valence-electron chi connectivity index (χ3n) is 12.0. The summed E-state index contributed by atoms with van der Waals surface area (Å²) in [5, 5.41) is 41.5. The maximum Gasteiger partial charge on any atom is 0.192 e. The lowest BCUT2D eigenvalue weighted by atomic mass is 10.0. The number of nitrogens with two attached hydrogens (primary N) is 3. The van der Waals surface area contributed by atoms with Crippen LogP contribution in [0, 0.1) is 35.2 Å². The largest absolute Gasteiger partial charge is 0.394 e. The summed E-state index contributed by atoms with van der Waals surface area (Å²) in [5.74, 6) is 3.07. The van der Waals surface area contributed by atoms with Gasteiger partial charge in [-0.05, 0) is 79.3 Å². The van der Waals surface area contributed by atoms with E-state index >= 15 is 0 Å². The summed E-state index contributed by atoms with van der Waals surface area (Å²) in [6.45, 7) is 14.5. The van der Waals surface area contributed by atoms with Crippen LogP contribution in [-0.4, -0.2) is 98.1 Å². The van der Waals surface area contributed by atoms with Crippen molar-refractivity contribution in [3.05, 3.63) is 105 Å². The zero-order valence-electron chi connectivity index (χ0n) is 46.6. The quantitative estimate of drug-likeness (QED) is 0.0201. The van der Waals surface area contributed by atoms with Crippen molar-refractivity contribution in [2.75, 3.05) is 53.0 Å². The van der Waals surface area contributed by atoms with E-state index in [1.165, 1.54) is 87.5 Å². The van der Waals surface area contributed by atoms with Crippen LogP contribution in [0.3, 0.4) is 0 Å². The molecular weight excluding hydrogens is 1250 g/mol. The molecule has 6 heterocycles. The molecule has 0 bridgehead atoms. The fourth-order valence-corrected chi connectivity index (χ4v) is 13.4. The van der Waals surface area contributed by atoms with Gasteiger partial charge in [-0.2, -0.15) is 0 Å². The number of hydrogen-bond donors (Lipinski definition) is 9. The molecule has 9 aromatic rings. The number of aliphatic hydroxyl groups excluding tert-OH is 3. The summed E-state index contributed by atoms with van der Waals surface area (Å²) in [6, 6.07) is 17.9. The van der Waals surface area contributed by atoms with Crippen molar-refractivity contribution in [1.29, 1.82) is 0 Å². The van der Waals surface area contributed by atoms with Crippen molar-refractivity contribution in [3.63, 3.8) is 0 Å². The minimum absolute atomic E-state index is 0.00430. The van der Waals surface area contributed by atoms with Crippen LogP contribution in [0.1, 0.15) is 89.7 Å². The van der Waals surface area contributed by atoms with Gasteiger partial charge in [-0.15, -0.1) is 0 Å². The molecule has 0 fully saturated rings. The maximum atomic E-state index is 14.1. The number of aliphatic hydroxyl groups is 3. The average Bonchev–Trinajstić information content (AvgIpc) is 4.22. The van der Waals surface area contributed by atoms with E-state index in [0.29, 0.717) is 116 Å². The minimum Gasteiger partial charge on any atom is -0.394 e. The number of hydrogen-bond acceptors (Lipinski definition) is 24. The summed E-state index contributed by atoms with van der Waals surface area (Å²) in [6.07, 6.45) is 2.39. The molecule has 9 rings (SSSR count). The van der Waals surface area contributed by atoms with E-state index in [1.54, 1.807) is 42.5 Å². The Morgan fingerprint density at radius 1 is 0.494 bits per heavy atom. The van der Waals surface area contributed by atoms with Crippen molar-refractivity contribution in [2.24, 2.45) is 17.8 Å². The Morgan fingerprint density at radius 2 is 0.880 bits per heavy atom. The summed E-state index contributed by atoms with van der Waals surface area (Å²) in [7, 11) is 0. The van der Waals surface area contributed by atoms with Crippen LogP contribution in [0.5, 0.6) is 0 Å². The summed E-state index contributed by atoms with van der Waals surface area (Å²) < 4.78 is 45.0. The normalized spacial score (nSPS) is 13.0. The molecule has 18 nitrogen and oxygen atoms in total. The lowest BCUT2D eigenvalue weighted by Gasteiger charge is -2.19. The number of aromatic nitrogens is 9. The number of nitrogens with zero attached hydrogens (tertiary/aromatic N) is 9. The summed E-state index contributed by atoms with van der Waals surface area (Å²) in [5.41, 5.74) is 20.8. The van der Waals surface area contributed by atoms with Crippen LogP contribution in [0.15, 0.2) is 86.7 Å². The molecular formula is C55H67BrF3N15O3S6. The van der Waals surface area contributed by atoms with Crippen LogP contribution in [0.25, 0.3) is 31.0 Å². The van der Waals surface area contributed by atoms with Crippen LogP contribution in [-0.2, 0) is 11.5 Å². The van der Waals surface area contributed by atoms with Crippen molar-refractivity contribution in [3.8, 4) is 0 Å². The van der Waals surface area contributed by atoms with Crippen LogP contribution in [0.4, 0.5) is 46.0 Å². The molecule has 12 N–H and O–H groups in total. The van der Waals surface area contributed by atoms with Gasteiger partial charge in [0.05, 0.1) is 37.9 Å². The first-order chi connectivity index (χ1) is 39.7. The second-order valence-corrected chi connectivity index (χ2v) is 27.5. The predicted molar refractivity (Wildman–Crippen MR) is 341 cm³/mol. The molecule has 0 saturated carbocycles. The highest BCUT2D eigenvalue weighted by atomic mass is 79.9. The van der Waals surface area contributed by atoms with Crippen molar-refractivity contribution < 1.29 is 28.5 Å². The second kappa shape index (κ2) is 31.1. The van der Waals surface area contributed by atoms with Crippen molar-refractivity contribution in [2.45, 2.75) is 118 Å². The van der Waals surface area contributed by atoms with Crippen molar-refractivity contribution in [1.82, 2.24) is 44.9 Å². The van der Waals surface area contributed by atoms with E-state index in [4.69, 9.17) is 17.2 Å². The lowest BCUT2D eigenvalue weighted by Crippen LogP contribution is -2.26. The SMILES string of the molecule is CC(C)C[C@H](CO)Nc1nc(SC(C)c2ccccc2F)nc2nc(N)sc12.CC(C)C[C@H](CO)Nc1nc(SCc2ccc(Br)cc2F)nc2nc(N)sc12.CC(C)C[C@H](CO)Nc1nc(SCc2ccccc2F)nc2nc(N)sc12. The first-order valence-electron chi connectivity index (χ1n) is 26.5. The number of nitrogen functional groups attached to an aromatic ring is 3. The minimum atomic E-state index is -0.281. The topological polar surface area (TPSA) is 291 Å². The lowest BCUT2D eigenvalue weighted by molar-refractivity contribution is 0.259. The van der Waals surface area contributed by atoms with Crippen LogP contribution < -0.4 is 33.2 Å². The fourth-order valence-electron chi connectivity index (χ4n) is 8.33. The van der Waals surface area contributed by atoms with Gasteiger partial charge >= 0.3 is 0 Å². The molecule has 0 amide bonds. The number of fused-ring (bicyclic) bond motifs is 3. The van der Waals surface area contributed by atoms with Gasteiger partial charge in [0, 0.05) is 26.8 Å². The highest BCUT2D eigenvalue weighted by molar-refractivity contribution is 9.10. The average molecular weight is 1320 g/mol. The molecule has 0 spiro atoms. The van der Waals surface area contributed by atoms with Gasteiger partial charge in [0.25, 0.3) is 0 Å². The third kappa shape index (κ3) is 19.0. The van der Waals surface area contributed by atoms with E-state index in [9.17, 15) is 28.5 Å². The van der Waals surface area contributed by atoms with E-state index in [2.05, 4.69) is 118 Å². The Kier molecular flexibility index (Phi) is 24.4. The Bertz CT molecular complexity index is 3560. The first-order valence-corrected chi connectivity index (χ1v) is 32.6. The van der Waals surface area contributed by atoms with Gasteiger partial charge in [-0.25, -0.2) is 58.0 Å². The number of thioether (sulfide) groups is 3. The number of rotatable bonds is 24. The standard InChI is InChI=1S/C19H24FN5OS2.C18H21BrFN5OS2.C18H22FN5OS2/c1-10(2)8-12(9-26)22-16-15-17(23-18(21)28-15)25-19(24-16)27-11(3)13-6-4-5-7-14(13)20;1-9(2)5-12(7-26)22-15-14-16(23-17(21)28-14)25-18(24-15)27-8-10-3-4-11(19)6-13(10)20;1-10(2)7-12(8-25)21-15-14-16(22-17(20)27-14)24-18(23-15)26-9-11-5-3-4-6-13(11)19/h4-7,10-12,26H,8-9H2,1-3H3,(H3,21,22,23,24,25);3-4,6,9,12,26H,5,7-8H2,1-2H3,(H3,21,22,23,24,25);3-6,10,12,25H,7-9H2,1-2H3,(H3,20,21,22,23,24)/t11?,12-;2*12-/m111/s1. The highest BCUT2D eigenvalue weighted by Crippen LogP contribution is 2.39. The molecule has 0 aliphatic carbocycles. The zero-order chi connectivity index (χ0) is 59.9. The number of anilines is 6. The van der Waals surface area contributed by atoms with Gasteiger partial charge in [-0.1, -0.05) is 169 Å². The first kappa shape index (κ1) is 65.1. The van der Waals surface area contributed by atoms with E-state index in [0.717, 1.165) is 33.4 Å². The Hall–Kier alpha value is -5.43. The Labute approximate surface area is 512 Å². The molecule has 4 atom stereocenters. The highest BCUT2D eigenvalue weighted by Gasteiger charge is 2.22. The van der Waals surface area contributed by atoms with Crippen molar-refractivity contribution >= 4 is 149 Å². The van der Waals surface area contributed by atoms with Gasteiger partial charge in [-0.3, -0.25) is 0 Å². The second-order valence-electron chi connectivity index (χ2n) is 20.3. The van der Waals surface area contributed by atoms with Gasteiger partial charge in [0.1, 0.15) is 31.6 Å². The molecule has 28 heteroatoms. The maximum absolute atomic E-state index is 14.1. The molecule has 0 radical (unpaired) electrons. The molecule has 1 unspecified atom stereocenters. The Balaban J connectivity index is 0.000000179. The Morgan fingerprint density at radius 3 is 1.28 bits per heavy atom. The monoisotopic (exact) mass is 1310 g/mol.